The van der Waals surface area contributed by atoms with Crippen molar-refractivity contribution in [3.63, 3.8) is 0 Å². The van der Waals surface area contributed by atoms with E-state index < -0.39 is 12.6 Å². The molecule has 1 aromatic heterocycles. The van der Waals surface area contributed by atoms with E-state index in [1.54, 1.807) is 0 Å². The Bertz CT molecular complexity index is 366. The molecule has 5 heteroatoms. The zero-order valence-corrected chi connectivity index (χ0v) is 10.6. The summed E-state index contributed by atoms with van der Waals surface area (Å²) in [5.74, 6) is 0.971. The fourth-order valence-electron chi connectivity index (χ4n) is 1.82. The highest BCUT2D eigenvalue weighted by Gasteiger charge is 2.29. The second-order valence-corrected chi connectivity index (χ2v) is 4.83. The molecule has 0 bridgehead atoms. The Morgan fingerprint density at radius 1 is 1.12 bits per heavy atom. The highest BCUT2D eigenvalue weighted by molar-refractivity contribution is 5.28. The van der Waals surface area contributed by atoms with Crippen molar-refractivity contribution in [1.29, 1.82) is 0 Å². The van der Waals surface area contributed by atoms with E-state index >= 15 is 0 Å². The number of hydrogen-bond donors (Lipinski definition) is 0. The Kier molecular flexibility index (Phi) is 4.22. The largest absolute Gasteiger partial charge is 0.389 e. The number of halogens is 3. The van der Waals surface area contributed by atoms with E-state index in [1.807, 2.05) is 27.7 Å². The zero-order valence-electron chi connectivity index (χ0n) is 10.6. The van der Waals surface area contributed by atoms with Gasteiger partial charge in [0.1, 0.15) is 5.76 Å². The summed E-state index contributed by atoms with van der Waals surface area (Å²) in [4.78, 5) is 0. The fourth-order valence-corrected chi connectivity index (χ4v) is 1.82. The van der Waals surface area contributed by atoms with Crippen LogP contribution in [0, 0.1) is 0 Å². The van der Waals surface area contributed by atoms with Gasteiger partial charge in [-0.15, -0.1) is 0 Å². The Labute approximate surface area is 99.2 Å². The van der Waals surface area contributed by atoms with Crippen molar-refractivity contribution in [1.82, 2.24) is 5.16 Å². The maximum Gasteiger partial charge on any atom is 0.389 e. The van der Waals surface area contributed by atoms with Crippen LogP contribution in [0.1, 0.15) is 63.0 Å². The third-order valence-electron chi connectivity index (χ3n) is 2.58. The van der Waals surface area contributed by atoms with Gasteiger partial charge in [0.15, 0.2) is 0 Å². The van der Waals surface area contributed by atoms with Crippen LogP contribution >= 0.6 is 0 Å². The average Bonchev–Trinajstić information content (AvgIpc) is 2.56. The van der Waals surface area contributed by atoms with Crippen LogP contribution in [0.5, 0.6) is 0 Å². The molecule has 98 valence electrons. The summed E-state index contributed by atoms with van der Waals surface area (Å²) in [6.45, 7) is 7.77. The third kappa shape index (κ3) is 3.75. The monoisotopic (exact) mass is 249 g/mol. The molecule has 0 aromatic carbocycles. The van der Waals surface area contributed by atoms with Gasteiger partial charge in [0, 0.05) is 24.3 Å². The summed E-state index contributed by atoms with van der Waals surface area (Å²) in [6.07, 6.45) is -5.10. The number of hydrogen-bond acceptors (Lipinski definition) is 2. The first-order valence-electron chi connectivity index (χ1n) is 5.77. The Morgan fingerprint density at radius 2 is 1.71 bits per heavy atom. The minimum absolute atomic E-state index is 0.104. The van der Waals surface area contributed by atoms with E-state index in [4.69, 9.17) is 4.52 Å². The first-order valence-corrected chi connectivity index (χ1v) is 5.77. The number of nitrogens with zero attached hydrogens (tertiary/aromatic N) is 1. The fraction of sp³-hybridized carbons (Fsp3) is 0.750. The molecule has 0 amide bonds. The van der Waals surface area contributed by atoms with Gasteiger partial charge in [-0.25, -0.2) is 0 Å². The minimum atomic E-state index is -4.15. The molecule has 2 nitrogen and oxygen atoms in total. The molecule has 0 unspecified atom stereocenters. The van der Waals surface area contributed by atoms with E-state index in [0.717, 1.165) is 5.56 Å². The van der Waals surface area contributed by atoms with Gasteiger partial charge in [0.25, 0.3) is 0 Å². The van der Waals surface area contributed by atoms with Gasteiger partial charge in [0.05, 0.1) is 5.69 Å². The van der Waals surface area contributed by atoms with Gasteiger partial charge in [-0.3, -0.25) is 0 Å². The summed E-state index contributed by atoms with van der Waals surface area (Å²) >= 11 is 0. The molecule has 0 aliphatic heterocycles. The van der Waals surface area contributed by atoms with Crippen molar-refractivity contribution < 1.29 is 17.7 Å². The van der Waals surface area contributed by atoms with E-state index in [1.165, 1.54) is 0 Å². The molecule has 0 saturated carbocycles. The van der Waals surface area contributed by atoms with Crippen molar-refractivity contribution in [2.75, 3.05) is 0 Å². The van der Waals surface area contributed by atoms with Gasteiger partial charge in [0.2, 0.25) is 0 Å². The molecule has 1 aromatic rings. The van der Waals surface area contributed by atoms with E-state index in [2.05, 4.69) is 5.16 Å². The number of aromatic nitrogens is 1. The molecule has 0 radical (unpaired) electrons. The predicted molar refractivity (Wildman–Crippen MR) is 59.1 cm³/mol. The molecule has 0 aliphatic carbocycles. The van der Waals surface area contributed by atoms with Crippen LogP contribution in [0.15, 0.2) is 4.52 Å². The second kappa shape index (κ2) is 5.10. The molecule has 1 rings (SSSR count). The van der Waals surface area contributed by atoms with Crippen LogP contribution in [-0.2, 0) is 6.42 Å². The van der Waals surface area contributed by atoms with Crippen molar-refractivity contribution in [3.8, 4) is 0 Å². The summed E-state index contributed by atoms with van der Waals surface area (Å²) < 4.78 is 41.7. The Balaban J connectivity index is 2.93. The molecular weight excluding hydrogens is 231 g/mol. The first-order chi connectivity index (χ1) is 7.72. The topological polar surface area (TPSA) is 26.0 Å². The molecule has 0 spiro atoms. The molecule has 0 N–H and O–H groups in total. The predicted octanol–water partition coefficient (Wildman–Crippen LogP) is 4.42. The van der Waals surface area contributed by atoms with Crippen LogP contribution in [0.2, 0.25) is 0 Å². The van der Waals surface area contributed by atoms with Gasteiger partial charge < -0.3 is 4.52 Å². The van der Waals surface area contributed by atoms with Crippen LogP contribution < -0.4 is 0 Å². The van der Waals surface area contributed by atoms with Crippen molar-refractivity contribution >= 4 is 0 Å². The lowest BCUT2D eigenvalue weighted by molar-refractivity contribution is -0.134. The van der Waals surface area contributed by atoms with Crippen LogP contribution in [-0.4, -0.2) is 11.3 Å². The van der Waals surface area contributed by atoms with E-state index in [-0.39, 0.29) is 18.3 Å². The van der Waals surface area contributed by atoms with Crippen LogP contribution in [0.3, 0.4) is 0 Å². The number of aryl methyl sites for hydroxylation is 1. The summed E-state index contributed by atoms with van der Waals surface area (Å²) in [7, 11) is 0. The molecule has 17 heavy (non-hydrogen) atoms. The third-order valence-corrected chi connectivity index (χ3v) is 2.58. The van der Waals surface area contributed by atoms with E-state index in [0.29, 0.717) is 11.5 Å². The summed E-state index contributed by atoms with van der Waals surface area (Å²) in [6, 6.07) is 0. The molecule has 0 fully saturated rings. The normalized spacial score (nSPS) is 12.8. The summed E-state index contributed by atoms with van der Waals surface area (Å²) in [5, 5.41) is 3.79. The smallest absolute Gasteiger partial charge is 0.361 e. The van der Waals surface area contributed by atoms with Gasteiger partial charge in [-0.05, 0) is 5.92 Å². The van der Waals surface area contributed by atoms with E-state index in [9.17, 15) is 13.2 Å². The second-order valence-electron chi connectivity index (χ2n) is 4.83. The lowest BCUT2D eigenvalue weighted by Crippen LogP contribution is -2.10. The average molecular weight is 249 g/mol. The highest BCUT2D eigenvalue weighted by atomic mass is 19.4. The maximum atomic E-state index is 12.2. The zero-order chi connectivity index (χ0) is 13.2. The number of rotatable bonds is 4. The first kappa shape index (κ1) is 14.1. The molecule has 0 atom stereocenters. The molecule has 0 saturated heterocycles. The SMILES string of the molecule is CC(C)c1onc(CCC(F)(F)F)c1C(C)C. The summed E-state index contributed by atoms with van der Waals surface area (Å²) in [5.41, 5.74) is 1.28. The molecule has 1 heterocycles. The van der Waals surface area contributed by atoms with Gasteiger partial charge in [-0.1, -0.05) is 32.9 Å². The maximum absolute atomic E-state index is 12.2. The standard InChI is InChI=1S/C12H18F3NO/c1-7(2)10-9(5-6-12(13,14)15)16-17-11(10)8(3)4/h7-8H,5-6H2,1-4H3. The van der Waals surface area contributed by atoms with Crippen molar-refractivity contribution in [2.24, 2.45) is 0 Å². The molecule has 0 aliphatic rings. The Hall–Kier alpha value is -1.00. The van der Waals surface area contributed by atoms with Gasteiger partial charge in [-0.2, -0.15) is 13.2 Å². The van der Waals surface area contributed by atoms with Crippen LogP contribution in [0.4, 0.5) is 13.2 Å². The van der Waals surface area contributed by atoms with Crippen LogP contribution in [0.25, 0.3) is 0 Å². The Morgan fingerprint density at radius 3 is 2.12 bits per heavy atom. The quantitative estimate of drug-likeness (QED) is 0.789. The highest BCUT2D eigenvalue weighted by Crippen LogP contribution is 2.31. The molecular formula is C12H18F3NO. The number of alkyl halides is 3. The lowest BCUT2D eigenvalue weighted by atomic mass is 9.94. The van der Waals surface area contributed by atoms with Gasteiger partial charge >= 0.3 is 6.18 Å². The lowest BCUT2D eigenvalue weighted by Gasteiger charge is -2.10. The van der Waals surface area contributed by atoms with Crippen molar-refractivity contribution in [2.45, 2.75) is 58.5 Å². The van der Waals surface area contributed by atoms with Crippen molar-refractivity contribution in [3.05, 3.63) is 17.0 Å². The minimum Gasteiger partial charge on any atom is -0.361 e.